The van der Waals surface area contributed by atoms with Crippen LogP contribution in [-0.2, 0) is 9.53 Å². The van der Waals surface area contributed by atoms with Gasteiger partial charge in [-0.1, -0.05) is 25.7 Å². The highest BCUT2D eigenvalue weighted by molar-refractivity contribution is 5.75. The summed E-state index contributed by atoms with van der Waals surface area (Å²) in [6, 6.07) is 0. The maximum absolute atomic E-state index is 11.7. The zero-order valence-corrected chi connectivity index (χ0v) is 12.8. The average Bonchev–Trinajstić information content (AvgIpc) is 3.22. The lowest BCUT2D eigenvalue weighted by Crippen LogP contribution is -2.42. The molecular formula is C16H29NO3. The quantitative estimate of drug-likeness (QED) is 0.550. The van der Waals surface area contributed by atoms with Crippen LogP contribution in [0.5, 0.6) is 0 Å². The van der Waals surface area contributed by atoms with Crippen molar-refractivity contribution in [2.45, 2.75) is 51.4 Å². The monoisotopic (exact) mass is 283 g/mol. The van der Waals surface area contributed by atoms with Crippen LogP contribution in [0.4, 0.5) is 0 Å². The molecule has 4 heteroatoms. The lowest BCUT2D eigenvalue weighted by Gasteiger charge is -2.32. The van der Waals surface area contributed by atoms with Crippen LogP contribution in [0.1, 0.15) is 51.4 Å². The molecule has 4 nitrogen and oxygen atoms in total. The Bertz CT molecular complexity index is 307. The summed E-state index contributed by atoms with van der Waals surface area (Å²) < 4.78 is 5.65. The molecule has 0 aromatic heterocycles. The number of hydrogen-bond acceptors (Lipinski definition) is 3. The number of carboxylic acid groups (broad SMARTS) is 1. The van der Waals surface area contributed by atoms with Crippen LogP contribution >= 0.6 is 0 Å². The van der Waals surface area contributed by atoms with Gasteiger partial charge in [-0.15, -0.1) is 0 Å². The lowest BCUT2D eigenvalue weighted by atomic mass is 9.80. The first-order valence-electron chi connectivity index (χ1n) is 8.12. The van der Waals surface area contributed by atoms with Gasteiger partial charge in [-0.25, -0.2) is 0 Å². The van der Waals surface area contributed by atoms with Gasteiger partial charge in [0.05, 0.1) is 12.0 Å². The van der Waals surface area contributed by atoms with Crippen molar-refractivity contribution in [3.8, 4) is 0 Å². The van der Waals surface area contributed by atoms with Crippen molar-refractivity contribution in [1.29, 1.82) is 0 Å². The molecule has 0 bridgehead atoms. The standard InChI is InChI=1S/C16H29NO3/c1-17(10-11-20-12-14-6-7-14)13-16(15(18)19)8-4-2-3-5-9-16/h14H,2-13H2,1H3,(H,18,19). The van der Waals surface area contributed by atoms with Crippen LogP contribution in [0.25, 0.3) is 0 Å². The highest BCUT2D eigenvalue weighted by Crippen LogP contribution is 2.36. The summed E-state index contributed by atoms with van der Waals surface area (Å²) in [6.45, 7) is 3.11. The molecule has 116 valence electrons. The number of hydrogen-bond donors (Lipinski definition) is 1. The van der Waals surface area contributed by atoms with Gasteiger partial charge < -0.3 is 14.7 Å². The Morgan fingerprint density at radius 3 is 2.45 bits per heavy atom. The minimum atomic E-state index is -0.606. The molecule has 2 aliphatic carbocycles. The van der Waals surface area contributed by atoms with Gasteiger partial charge in [0, 0.05) is 19.7 Å². The number of ether oxygens (including phenoxy) is 1. The summed E-state index contributed by atoms with van der Waals surface area (Å²) in [5.41, 5.74) is -0.526. The number of carbonyl (C=O) groups is 1. The summed E-state index contributed by atoms with van der Waals surface area (Å²) in [7, 11) is 2.02. The Kier molecular flexibility index (Phi) is 5.85. The molecule has 20 heavy (non-hydrogen) atoms. The van der Waals surface area contributed by atoms with Gasteiger partial charge in [-0.05, 0) is 38.6 Å². The first-order valence-corrected chi connectivity index (χ1v) is 8.12. The fraction of sp³-hybridized carbons (Fsp3) is 0.938. The predicted molar refractivity (Wildman–Crippen MR) is 78.8 cm³/mol. The van der Waals surface area contributed by atoms with E-state index in [1.54, 1.807) is 0 Å². The van der Waals surface area contributed by atoms with Gasteiger partial charge in [0.1, 0.15) is 0 Å². The normalized spacial score (nSPS) is 22.7. The Balaban J connectivity index is 1.75. The minimum absolute atomic E-state index is 0.526. The SMILES string of the molecule is CN(CCOCC1CC1)CC1(C(=O)O)CCCCCC1. The molecule has 0 aromatic rings. The van der Waals surface area contributed by atoms with E-state index in [1.165, 1.54) is 25.7 Å². The molecule has 2 aliphatic rings. The van der Waals surface area contributed by atoms with Crippen LogP contribution in [0.3, 0.4) is 0 Å². The maximum Gasteiger partial charge on any atom is 0.310 e. The van der Waals surface area contributed by atoms with E-state index in [2.05, 4.69) is 4.90 Å². The van der Waals surface area contributed by atoms with Gasteiger partial charge >= 0.3 is 5.97 Å². The predicted octanol–water partition coefficient (Wildman–Crippen LogP) is 2.77. The molecule has 0 saturated heterocycles. The second kappa shape index (κ2) is 7.41. The van der Waals surface area contributed by atoms with Crippen molar-refractivity contribution in [1.82, 2.24) is 4.90 Å². The third-order valence-corrected chi connectivity index (χ3v) is 4.75. The van der Waals surface area contributed by atoms with E-state index in [-0.39, 0.29) is 0 Å². The van der Waals surface area contributed by atoms with Crippen molar-refractivity contribution >= 4 is 5.97 Å². The molecule has 0 spiro atoms. The van der Waals surface area contributed by atoms with Gasteiger partial charge in [0.2, 0.25) is 0 Å². The molecule has 2 rings (SSSR count). The maximum atomic E-state index is 11.7. The summed E-state index contributed by atoms with van der Waals surface area (Å²) >= 11 is 0. The molecule has 1 N–H and O–H groups in total. The van der Waals surface area contributed by atoms with Gasteiger partial charge in [-0.2, -0.15) is 0 Å². The molecule has 0 radical (unpaired) electrons. The zero-order chi connectivity index (χ0) is 14.4. The zero-order valence-electron chi connectivity index (χ0n) is 12.8. The molecule has 0 aromatic carbocycles. The van der Waals surface area contributed by atoms with Crippen LogP contribution in [0.2, 0.25) is 0 Å². The highest BCUT2D eigenvalue weighted by atomic mass is 16.5. The van der Waals surface area contributed by atoms with Crippen LogP contribution in [0, 0.1) is 11.3 Å². The van der Waals surface area contributed by atoms with Gasteiger partial charge in [-0.3, -0.25) is 4.79 Å². The Morgan fingerprint density at radius 2 is 1.90 bits per heavy atom. The average molecular weight is 283 g/mol. The number of aliphatic carboxylic acids is 1. The summed E-state index contributed by atoms with van der Waals surface area (Å²) in [5, 5.41) is 9.66. The van der Waals surface area contributed by atoms with Crippen molar-refractivity contribution < 1.29 is 14.6 Å². The van der Waals surface area contributed by atoms with Gasteiger partial charge in [0.25, 0.3) is 0 Å². The van der Waals surface area contributed by atoms with E-state index in [9.17, 15) is 9.90 Å². The summed E-state index contributed by atoms with van der Waals surface area (Å²) in [5.74, 6) is 0.192. The fourth-order valence-corrected chi connectivity index (χ4v) is 3.20. The smallest absolute Gasteiger partial charge is 0.310 e. The van der Waals surface area contributed by atoms with E-state index in [4.69, 9.17) is 4.74 Å². The molecule has 0 unspecified atom stereocenters. The number of likely N-dealkylation sites (N-methyl/N-ethyl adjacent to an activating group) is 1. The van der Waals surface area contributed by atoms with Crippen LogP contribution in [0.15, 0.2) is 0 Å². The number of carboxylic acids is 1. The molecule has 0 amide bonds. The van der Waals surface area contributed by atoms with Crippen molar-refractivity contribution in [3.63, 3.8) is 0 Å². The third kappa shape index (κ3) is 4.74. The molecule has 0 aliphatic heterocycles. The minimum Gasteiger partial charge on any atom is -0.481 e. The van der Waals surface area contributed by atoms with E-state index in [0.29, 0.717) is 6.54 Å². The number of rotatable bonds is 8. The molecular weight excluding hydrogens is 254 g/mol. The van der Waals surface area contributed by atoms with E-state index < -0.39 is 11.4 Å². The topological polar surface area (TPSA) is 49.8 Å². The Hall–Kier alpha value is -0.610. The fourth-order valence-electron chi connectivity index (χ4n) is 3.20. The number of nitrogens with zero attached hydrogens (tertiary/aromatic N) is 1. The van der Waals surface area contributed by atoms with Crippen molar-refractivity contribution in [3.05, 3.63) is 0 Å². The first kappa shape index (κ1) is 15.8. The van der Waals surface area contributed by atoms with Gasteiger partial charge in [0.15, 0.2) is 0 Å². The highest BCUT2D eigenvalue weighted by Gasteiger charge is 2.39. The second-order valence-electron chi connectivity index (χ2n) is 6.76. The van der Waals surface area contributed by atoms with Crippen LogP contribution in [-0.4, -0.2) is 49.3 Å². The third-order valence-electron chi connectivity index (χ3n) is 4.75. The molecule has 0 heterocycles. The van der Waals surface area contributed by atoms with E-state index in [1.807, 2.05) is 7.05 Å². The largest absolute Gasteiger partial charge is 0.481 e. The second-order valence-corrected chi connectivity index (χ2v) is 6.76. The molecule has 2 saturated carbocycles. The van der Waals surface area contributed by atoms with Crippen LogP contribution < -0.4 is 0 Å². The first-order chi connectivity index (χ1) is 9.62. The van der Waals surface area contributed by atoms with Crippen molar-refractivity contribution in [2.24, 2.45) is 11.3 Å². The summed E-state index contributed by atoms with van der Waals surface area (Å²) in [4.78, 5) is 13.9. The Morgan fingerprint density at radius 1 is 1.25 bits per heavy atom. The van der Waals surface area contributed by atoms with Crippen molar-refractivity contribution in [2.75, 3.05) is 33.4 Å². The summed E-state index contributed by atoms with van der Waals surface area (Å²) in [6.07, 6.45) is 8.77. The van der Waals surface area contributed by atoms with E-state index in [0.717, 1.165) is 51.4 Å². The molecule has 0 atom stereocenters. The van der Waals surface area contributed by atoms with E-state index >= 15 is 0 Å². The lowest BCUT2D eigenvalue weighted by molar-refractivity contribution is -0.151. The Labute approximate surface area is 122 Å². The molecule has 2 fully saturated rings.